The van der Waals surface area contributed by atoms with Crippen LogP contribution in [0.5, 0.6) is 0 Å². The van der Waals surface area contributed by atoms with Crippen LogP contribution in [0, 0.1) is 12.7 Å². The van der Waals surface area contributed by atoms with Crippen molar-refractivity contribution in [3.63, 3.8) is 0 Å². The Morgan fingerprint density at radius 3 is 2.88 bits per heavy atom. The van der Waals surface area contributed by atoms with Gasteiger partial charge in [0.25, 0.3) is 5.91 Å². The Morgan fingerprint density at radius 1 is 1.44 bits per heavy atom. The Hall–Kier alpha value is -2.22. The molecule has 8 heteroatoms. The zero-order valence-electron chi connectivity index (χ0n) is 13.7. The number of nitrogens with one attached hydrogen (secondary N) is 1. The van der Waals surface area contributed by atoms with Crippen molar-refractivity contribution in [2.24, 2.45) is 5.16 Å². The summed E-state index contributed by atoms with van der Waals surface area (Å²) in [4.78, 5) is 17.4. The van der Waals surface area contributed by atoms with Gasteiger partial charge in [-0.05, 0) is 47.0 Å². The number of hydrogen-bond donors (Lipinski definition) is 1. The zero-order chi connectivity index (χ0) is 17.8. The van der Waals surface area contributed by atoms with Gasteiger partial charge in [-0.1, -0.05) is 17.3 Å². The summed E-state index contributed by atoms with van der Waals surface area (Å²) in [5, 5.41) is 11.1. The SMILES string of the molecule is Cc1nn(CCCNC(=O)C2CC(c3ccc(F)cc3)=NO2)cc1Br. The second-order valence-corrected chi connectivity index (χ2v) is 6.67. The first kappa shape index (κ1) is 17.6. The molecule has 1 atom stereocenters. The van der Waals surface area contributed by atoms with Crippen LogP contribution in [0.25, 0.3) is 0 Å². The summed E-state index contributed by atoms with van der Waals surface area (Å²) in [6.45, 7) is 3.18. The Kier molecular flexibility index (Phi) is 5.47. The fraction of sp³-hybridized carbons (Fsp3) is 0.353. The van der Waals surface area contributed by atoms with Gasteiger partial charge in [-0.3, -0.25) is 9.48 Å². The van der Waals surface area contributed by atoms with E-state index in [1.54, 1.807) is 12.1 Å². The molecule has 1 N–H and O–H groups in total. The number of hydrogen-bond acceptors (Lipinski definition) is 4. The number of aryl methyl sites for hydroxylation is 2. The maximum absolute atomic E-state index is 13.0. The van der Waals surface area contributed by atoms with Crippen LogP contribution in [0.1, 0.15) is 24.1 Å². The Balaban J connectivity index is 1.41. The maximum atomic E-state index is 13.0. The highest BCUT2D eigenvalue weighted by Gasteiger charge is 2.28. The van der Waals surface area contributed by atoms with E-state index in [1.165, 1.54) is 12.1 Å². The predicted octanol–water partition coefficient (Wildman–Crippen LogP) is 2.79. The lowest BCUT2D eigenvalue weighted by atomic mass is 10.0. The quantitative estimate of drug-likeness (QED) is 0.747. The molecule has 0 saturated heterocycles. The summed E-state index contributed by atoms with van der Waals surface area (Å²) in [5.41, 5.74) is 2.35. The smallest absolute Gasteiger partial charge is 0.264 e. The van der Waals surface area contributed by atoms with Crippen molar-refractivity contribution < 1.29 is 14.0 Å². The molecule has 0 fully saturated rings. The van der Waals surface area contributed by atoms with Crippen LogP contribution < -0.4 is 5.32 Å². The second-order valence-electron chi connectivity index (χ2n) is 5.81. The van der Waals surface area contributed by atoms with Crippen molar-refractivity contribution in [2.75, 3.05) is 6.54 Å². The van der Waals surface area contributed by atoms with E-state index in [1.807, 2.05) is 17.8 Å². The van der Waals surface area contributed by atoms with E-state index >= 15 is 0 Å². The van der Waals surface area contributed by atoms with Crippen molar-refractivity contribution in [3.05, 3.63) is 52.0 Å². The average molecular weight is 409 g/mol. The molecule has 132 valence electrons. The Bertz CT molecular complexity index is 769. The van der Waals surface area contributed by atoms with Crippen LogP contribution in [0.15, 0.2) is 40.1 Å². The van der Waals surface area contributed by atoms with Crippen molar-refractivity contribution in [1.29, 1.82) is 0 Å². The van der Waals surface area contributed by atoms with Gasteiger partial charge in [-0.25, -0.2) is 4.39 Å². The van der Waals surface area contributed by atoms with Gasteiger partial charge >= 0.3 is 0 Å². The molecule has 0 bridgehead atoms. The summed E-state index contributed by atoms with van der Waals surface area (Å²) >= 11 is 3.42. The van der Waals surface area contributed by atoms with Crippen molar-refractivity contribution >= 4 is 27.5 Å². The highest BCUT2D eigenvalue weighted by molar-refractivity contribution is 9.10. The summed E-state index contributed by atoms with van der Waals surface area (Å²) in [6.07, 6.45) is 2.42. The van der Waals surface area contributed by atoms with E-state index in [0.29, 0.717) is 18.7 Å². The molecule has 0 spiro atoms. The molecular formula is C17H18BrFN4O2. The molecule has 1 aromatic carbocycles. The van der Waals surface area contributed by atoms with E-state index in [2.05, 4.69) is 31.5 Å². The molecule has 0 saturated carbocycles. The van der Waals surface area contributed by atoms with Gasteiger partial charge < -0.3 is 10.2 Å². The standard InChI is InChI=1S/C17H18BrFN4O2/c1-11-14(18)10-23(21-11)8-2-7-20-17(24)16-9-15(22-25-16)12-3-5-13(19)6-4-12/h3-6,10,16H,2,7-9H2,1H3,(H,20,24). The third-order valence-corrected chi connectivity index (χ3v) is 4.67. The van der Waals surface area contributed by atoms with Crippen molar-refractivity contribution in [3.8, 4) is 0 Å². The first-order valence-corrected chi connectivity index (χ1v) is 8.78. The number of rotatable bonds is 6. The first-order valence-electron chi connectivity index (χ1n) is 7.99. The van der Waals surface area contributed by atoms with E-state index in [4.69, 9.17) is 4.84 Å². The van der Waals surface area contributed by atoms with Gasteiger partial charge in [0.05, 0.1) is 15.9 Å². The van der Waals surface area contributed by atoms with E-state index in [-0.39, 0.29) is 11.7 Å². The van der Waals surface area contributed by atoms with Gasteiger partial charge in [-0.2, -0.15) is 5.10 Å². The van der Waals surface area contributed by atoms with Gasteiger partial charge in [0.2, 0.25) is 6.10 Å². The van der Waals surface area contributed by atoms with Crippen LogP contribution in [-0.2, 0) is 16.2 Å². The number of benzene rings is 1. The van der Waals surface area contributed by atoms with Gasteiger partial charge in [0.15, 0.2) is 0 Å². The van der Waals surface area contributed by atoms with Gasteiger partial charge in [0, 0.05) is 25.7 Å². The highest BCUT2D eigenvalue weighted by Crippen LogP contribution is 2.17. The summed E-state index contributed by atoms with van der Waals surface area (Å²) in [7, 11) is 0. The molecule has 1 aromatic heterocycles. The van der Waals surface area contributed by atoms with Crippen molar-refractivity contribution in [2.45, 2.75) is 32.4 Å². The Morgan fingerprint density at radius 2 is 2.20 bits per heavy atom. The summed E-state index contributed by atoms with van der Waals surface area (Å²) < 4.78 is 15.8. The third kappa shape index (κ3) is 4.45. The van der Waals surface area contributed by atoms with Crippen LogP contribution in [0.4, 0.5) is 4.39 Å². The molecule has 1 aliphatic heterocycles. The van der Waals surface area contributed by atoms with E-state index in [0.717, 1.165) is 28.7 Å². The molecule has 1 aliphatic rings. The number of nitrogens with zero attached hydrogens (tertiary/aromatic N) is 3. The molecule has 1 unspecified atom stereocenters. The second kappa shape index (κ2) is 7.77. The summed E-state index contributed by atoms with van der Waals surface area (Å²) in [6, 6.07) is 5.98. The molecule has 2 aromatic rings. The largest absolute Gasteiger partial charge is 0.382 e. The number of halogens is 2. The molecule has 0 aliphatic carbocycles. The number of amides is 1. The molecule has 6 nitrogen and oxygen atoms in total. The normalized spacial score (nSPS) is 16.4. The first-order chi connectivity index (χ1) is 12.0. The highest BCUT2D eigenvalue weighted by atomic mass is 79.9. The van der Waals surface area contributed by atoms with Gasteiger partial charge in [0.1, 0.15) is 5.82 Å². The van der Waals surface area contributed by atoms with E-state index < -0.39 is 6.10 Å². The van der Waals surface area contributed by atoms with Crippen LogP contribution in [0.2, 0.25) is 0 Å². The minimum atomic E-state index is -0.638. The molecule has 2 heterocycles. The average Bonchev–Trinajstić information content (AvgIpc) is 3.20. The number of aromatic nitrogens is 2. The predicted molar refractivity (Wildman–Crippen MR) is 94.7 cm³/mol. The lowest BCUT2D eigenvalue weighted by Crippen LogP contribution is -2.35. The maximum Gasteiger partial charge on any atom is 0.264 e. The molecule has 25 heavy (non-hydrogen) atoms. The lowest BCUT2D eigenvalue weighted by Gasteiger charge is -2.09. The van der Waals surface area contributed by atoms with Gasteiger partial charge in [-0.15, -0.1) is 0 Å². The number of carbonyl (C=O) groups is 1. The lowest BCUT2D eigenvalue weighted by molar-refractivity contribution is -0.131. The van der Waals surface area contributed by atoms with E-state index in [9.17, 15) is 9.18 Å². The molecule has 3 rings (SSSR count). The topological polar surface area (TPSA) is 68.5 Å². The molecular weight excluding hydrogens is 391 g/mol. The minimum absolute atomic E-state index is 0.196. The fourth-order valence-corrected chi connectivity index (χ4v) is 2.82. The number of oxime groups is 1. The monoisotopic (exact) mass is 408 g/mol. The molecule has 1 amide bonds. The zero-order valence-corrected chi connectivity index (χ0v) is 15.3. The fourth-order valence-electron chi connectivity index (χ4n) is 2.51. The minimum Gasteiger partial charge on any atom is -0.382 e. The van der Waals surface area contributed by atoms with Crippen LogP contribution in [-0.4, -0.2) is 34.0 Å². The van der Waals surface area contributed by atoms with Crippen LogP contribution in [0.3, 0.4) is 0 Å². The Labute approximate surface area is 153 Å². The van der Waals surface area contributed by atoms with Crippen LogP contribution >= 0.6 is 15.9 Å². The molecule has 0 radical (unpaired) electrons. The number of carbonyl (C=O) groups excluding carboxylic acids is 1. The van der Waals surface area contributed by atoms with Crippen molar-refractivity contribution in [1.82, 2.24) is 15.1 Å². The third-order valence-electron chi connectivity index (χ3n) is 3.89. The summed E-state index contributed by atoms with van der Waals surface area (Å²) in [5.74, 6) is -0.504.